The predicted octanol–water partition coefficient (Wildman–Crippen LogP) is 2.28. The lowest BCUT2D eigenvalue weighted by atomic mass is 10.2. The van der Waals surface area contributed by atoms with Crippen LogP contribution in [0.3, 0.4) is 0 Å². The van der Waals surface area contributed by atoms with Gasteiger partial charge in [-0.25, -0.2) is 4.39 Å². The molecule has 0 fully saturated rings. The first-order valence-corrected chi connectivity index (χ1v) is 6.43. The largest absolute Gasteiger partial charge is 0.318 e. The Hall–Kier alpha value is -3.22. The summed E-state index contributed by atoms with van der Waals surface area (Å²) in [7, 11) is 0. The van der Waals surface area contributed by atoms with E-state index < -0.39 is 17.6 Å². The first-order valence-electron chi connectivity index (χ1n) is 6.43. The zero-order valence-corrected chi connectivity index (χ0v) is 11.3. The molecule has 2 aromatic carbocycles. The summed E-state index contributed by atoms with van der Waals surface area (Å²) in [5.41, 5.74) is 1.41. The fourth-order valence-electron chi connectivity index (χ4n) is 1.96. The van der Waals surface area contributed by atoms with Crippen LogP contribution in [0.1, 0.15) is 0 Å². The molecule has 6 nitrogen and oxygen atoms in total. The number of halogens is 1. The fourth-order valence-corrected chi connectivity index (χ4v) is 1.96. The van der Waals surface area contributed by atoms with E-state index in [4.69, 9.17) is 0 Å². The second-order valence-electron chi connectivity index (χ2n) is 4.59. The molecule has 7 heteroatoms. The monoisotopic (exact) mass is 298 g/mol. The summed E-state index contributed by atoms with van der Waals surface area (Å²) >= 11 is 0. The van der Waals surface area contributed by atoms with E-state index in [0.717, 1.165) is 17.0 Å². The van der Waals surface area contributed by atoms with Crippen LogP contribution in [0.15, 0.2) is 48.7 Å². The molecule has 2 amide bonds. The van der Waals surface area contributed by atoms with Gasteiger partial charge < -0.3 is 10.6 Å². The fraction of sp³-hybridized carbons (Fsp3) is 0. The molecular weight excluding hydrogens is 287 g/mol. The van der Waals surface area contributed by atoms with Crippen molar-refractivity contribution in [3.63, 3.8) is 0 Å². The number of hydrogen-bond donors (Lipinski definition) is 3. The summed E-state index contributed by atoms with van der Waals surface area (Å²) in [5, 5.41) is 12.3. The van der Waals surface area contributed by atoms with Crippen LogP contribution < -0.4 is 10.6 Å². The van der Waals surface area contributed by atoms with Gasteiger partial charge >= 0.3 is 11.8 Å². The predicted molar refractivity (Wildman–Crippen MR) is 79.8 cm³/mol. The molecule has 1 heterocycles. The third-order valence-corrected chi connectivity index (χ3v) is 2.99. The summed E-state index contributed by atoms with van der Waals surface area (Å²) in [6.45, 7) is 0. The van der Waals surface area contributed by atoms with E-state index >= 15 is 0 Å². The topological polar surface area (TPSA) is 86.9 Å². The van der Waals surface area contributed by atoms with Crippen LogP contribution in [0.25, 0.3) is 10.9 Å². The Labute approximate surface area is 124 Å². The lowest BCUT2D eigenvalue weighted by molar-refractivity contribution is -0.132. The molecule has 3 N–H and O–H groups in total. The van der Waals surface area contributed by atoms with Gasteiger partial charge in [0, 0.05) is 16.8 Å². The second-order valence-corrected chi connectivity index (χ2v) is 4.59. The number of aromatic nitrogens is 2. The molecule has 0 aliphatic heterocycles. The zero-order valence-electron chi connectivity index (χ0n) is 11.3. The smallest absolute Gasteiger partial charge is 0.314 e. The summed E-state index contributed by atoms with van der Waals surface area (Å²) in [6, 6.07) is 10.4. The SMILES string of the molecule is O=C(Nc1cccc(F)c1)C(=O)Nc1ccc2cn[nH]c2c1. The molecule has 0 spiro atoms. The number of anilines is 2. The van der Waals surface area contributed by atoms with Crippen molar-refractivity contribution in [2.45, 2.75) is 0 Å². The van der Waals surface area contributed by atoms with E-state index in [1.54, 1.807) is 24.4 Å². The lowest BCUT2D eigenvalue weighted by Gasteiger charge is -2.06. The van der Waals surface area contributed by atoms with Crippen LogP contribution in [0, 0.1) is 5.82 Å². The molecule has 0 saturated carbocycles. The number of nitrogens with one attached hydrogen (secondary N) is 3. The van der Waals surface area contributed by atoms with E-state index in [2.05, 4.69) is 20.8 Å². The Morgan fingerprint density at radius 1 is 1.00 bits per heavy atom. The number of carbonyl (C=O) groups excluding carboxylic acids is 2. The molecule has 0 atom stereocenters. The molecule has 3 aromatic rings. The Kier molecular flexibility index (Phi) is 3.53. The van der Waals surface area contributed by atoms with Gasteiger partial charge in [0.25, 0.3) is 0 Å². The molecule has 0 aliphatic rings. The van der Waals surface area contributed by atoms with E-state index in [-0.39, 0.29) is 5.69 Å². The minimum Gasteiger partial charge on any atom is -0.318 e. The first-order chi connectivity index (χ1) is 10.6. The highest BCUT2D eigenvalue weighted by Crippen LogP contribution is 2.16. The van der Waals surface area contributed by atoms with E-state index in [1.165, 1.54) is 18.2 Å². The number of carbonyl (C=O) groups is 2. The van der Waals surface area contributed by atoms with Crippen molar-refractivity contribution < 1.29 is 14.0 Å². The van der Waals surface area contributed by atoms with Gasteiger partial charge in [-0.2, -0.15) is 5.10 Å². The molecule has 110 valence electrons. The molecule has 0 aliphatic carbocycles. The molecular formula is C15H11FN4O2. The van der Waals surface area contributed by atoms with Crippen LogP contribution >= 0.6 is 0 Å². The highest BCUT2D eigenvalue weighted by molar-refractivity contribution is 6.43. The summed E-state index contributed by atoms with van der Waals surface area (Å²) < 4.78 is 13.0. The van der Waals surface area contributed by atoms with Crippen molar-refractivity contribution in [3.05, 3.63) is 54.5 Å². The number of fused-ring (bicyclic) bond motifs is 1. The maximum atomic E-state index is 13.0. The number of amides is 2. The number of nitrogens with zero attached hydrogens (tertiary/aromatic N) is 1. The van der Waals surface area contributed by atoms with Crippen LogP contribution in [-0.4, -0.2) is 22.0 Å². The number of benzene rings is 2. The van der Waals surface area contributed by atoms with Crippen LogP contribution in [0.4, 0.5) is 15.8 Å². The highest BCUT2D eigenvalue weighted by Gasteiger charge is 2.14. The quantitative estimate of drug-likeness (QED) is 0.634. The van der Waals surface area contributed by atoms with E-state index in [0.29, 0.717) is 5.69 Å². The Bertz CT molecular complexity index is 859. The number of H-pyrrole nitrogens is 1. The number of aromatic amines is 1. The standard InChI is InChI=1S/C15H11FN4O2/c16-10-2-1-3-11(6-10)18-14(21)15(22)19-12-5-4-9-8-17-20-13(9)7-12/h1-8H,(H,17,20)(H,18,21)(H,19,22). The van der Waals surface area contributed by atoms with Gasteiger partial charge in [-0.15, -0.1) is 0 Å². The van der Waals surface area contributed by atoms with Crippen molar-refractivity contribution in [2.24, 2.45) is 0 Å². The van der Waals surface area contributed by atoms with Gasteiger partial charge in [0.2, 0.25) is 0 Å². The number of hydrogen-bond acceptors (Lipinski definition) is 3. The average Bonchev–Trinajstić information content (AvgIpc) is 2.94. The Morgan fingerprint density at radius 3 is 2.45 bits per heavy atom. The van der Waals surface area contributed by atoms with Crippen molar-refractivity contribution in [1.82, 2.24) is 10.2 Å². The zero-order chi connectivity index (χ0) is 15.5. The normalized spacial score (nSPS) is 10.4. The Balaban J connectivity index is 1.69. The van der Waals surface area contributed by atoms with Crippen LogP contribution in [0.2, 0.25) is 0 Å². The highest BCUT2D eigenvalue weighted by atomic mass is 19.1. The summed E-state index contributed by atoms with van der Waals surface area (Å²) in [4.78, 5) is 23.6. The van der Waals surface area contributed by atoms with E-state index in [1.807, 2.05) is 0 Å². The minimum atomic E-state index is -0.879. The second kappa shape index (κ2) is 5.65. The maximum Gasteiger partial charge on any atom is 0.314 e. The van der Waals surface area contributed by atoms with Crippen molar-refractivity contribution in [3.8, 4) is 0 Å². The van der Waals surface area contributed by atoms with Gasteiger partial charge in [0.15, 0.2) is 0 Å². The van der Waals surface area contributed by atoms with Crippen LogP contribution in [-0.2, 0) is 9.59 Å². The van der Waals surface area contributed by atoms with Crippen molar-refractivity contribution in [2.75, 3.05) is 10.6 Å². The maximum absolute atomic E-state index is 13.0. The third-order valence-electron chi connectivity index (χ3n) is 2.99. The van der Waals surface area contributed by atoms with Crippen molar-refractivity contribution in [1.29, 1.82) is 0 Å². The van der Waals surface area contributed by atoms with Gasteiger partial charge in [0.1, 0.15) is 5.82 Å². The average molecular weight is 298 g/mol. The van der Waals surface area contributed by atoms with Crippen molar-refractivity contribution >= 4 is 34.1 Å². The van der Waals surface area contributed by atoms with Gasteiger partial charge in [-0.3, -0.25) is 14.7 Å². The van der Waals surface area contributed by atoms with Crippen LogP contribution in [0.5, 0.6) is 0 Å². The third kappa shape index (κ3) is 2.93. The molecule has 1 aromatic heterocycles. The Morgan fingerprint density at radius 2 is 1.73 bits per heavy atom. The summed E-state index contributed by atoms with van der Waals surface area (Å²) in [6.07, 6.45) is 1.65. The molecule has 0 radical (unpaired) electrons. The lowest BCUT2D eigenvalue weighted by Crippen LogP contribution is -2.29. The van der Waals surface area contributed by atoms with Gasteiger partial charge in [-0.1, -0.05) is 6.07 Å². The van der Waals surface area contributed by atoms with E-state index in [9.17, 15) is 14.0 Å². The first kappa shape index (κ1) is 13.7. The molecule has 0 saturated heterocycles. The summed E-state index contributed by atoms with van der Waals surface area (Å²) in [5.74, 6) is -2.22. The number of rotatable bonds is 2. The van der Waals surface area contributed by atoms with Gasteiger partial charge in [-0.05, 0) is 36.4 Å². The minimum absolute atomic E-state index is 0.212. The molecule has 0 unspecified atom stereocenters. The molecule has 22 heavy (non-hydrogen) atoms. The molecule has 3 rings (SSSR count). The molecule has 0 bridgehead atoms. The van der Waals surface area contributed by atoms with Gasteiger partial charge in [0.05, 0.1) is 11.7 Å².